The summed E-state index contributed by atoms with van der Waals surface area (Å²) in [6, 6.07) is 8.46. The number of benzene rings is 2. The highest BCUT2D eigenvalue weighted by Gasteiger charge is 2.85. The minimum atomic E-state index is -1.02. The Kier molecular flexibility index (Phi) is 3.83. The van der Waals surface area contributed by atoms with Crippen molar-refractivity contribution >= 4 is 11.8 Å². The van der Waals surface area contributed by atoms with Crippen molar-refractivity contribution in [2.75, 3.05) is 13.1 Å². The van der Waals surface area contributed by atoms with Gasteiger partial charge >= 0.3 is 0 Å². The van der Waals surface area contributed by atoms with Gasteiger partial charge in [0.05, 0.1) is 28.2 Å². The third kappa shape index (κ3) is 2.16. The number of piperidine rings is 1. The van der Waals surface area contributed by atoms with Crippen LogP contribution >= 0.6 is 0 Å². The van der Waals surface area contributed by atoms with Gasteiger partial charge in [0.2, 0.25) is 0 Å². The van der Waals surface area contributed by atoms with Crippen molar-refractivity contribution in [3.8, 4) is 11.5 Å². The molecule has 8 rings (SSSR count). The molecular weight excluding hydrogens is 456 g/mol. The predicted molar refractivity (Wildman–Crippen MR) is 130 cm³/mol. The number of amides is 2. The number of nitrogens with zero attached hydrogens (tertiary/aromatic N) is 2. The summed E-state index contributed by atoms with van der Waals surface area (Å²) >= 11 is 0. The number of hydrogen-bond donors (Lipinski definition) is 2. The molecule has 1 saturated heterocycles. The molecule has 3 aliphatic carbocycles. The lowest BCUT2D eigenvalue weighted by Gasteiger charge is -2.78. The van der Waals surface area contributed by atoms with Crippen LogP contribution in [0.15, 0.2) is 30.3 Å². The van der Waals surface area contributed by atoms with E-state index < -0.39 is 23.2 Å². The van der Waals surface area contributed by atoms with Gasteiger partial charge in [-0.05, 0) is 68.7 Å². The molecule has 36 heavy (non-hydrogen) atoms. The number of aliphatic hydroxyl groups is 1. The normalized spacial score (nSPS) is 37.8. The molecule has 2 aromatic carbocycles. The Morgan fingerprint density at radius 1 is 1.06 bits per heavy atom. The Morgan fingerprint density at radius 3 is 2.61 bits per heavy atom. The van der Waals surface area contributed by atoms with Crippen LogP contribution in [0, 0.1) is 25.7 Å². The van der Waals surface area contributed by atoms with Crippen molar-refractivity contribution in [1.29, 1.82) is 0 Å². The number of imide groups is 1. The largest absolute Gasteiger partial charge is 0.504 e. The van der Waals surface area contributed by atoms with E-state index in [2.05, 4.69) is 4.90 Å². The van der Waals surface area contributed by atoms with Crippen molar-refractivity contribution in [3.05, 3.63) is 58.1 Å². The summed E-state index contributed by atoms with van der Waals surface area (Å²) in [6.45, 7) is 5.75. The third-order valence-electron chi connectivity index (χ3n) is 10.3. The molecule has 1 spiro atoms. The van der Waals surface area contributed by atoms with Crippen LogP contribution < -0.4 is 4.74 Å². The quantitative estimate of drug-likeness (QED) is 0.649. The molecule has 3 saturated carbocycles. The van der Waals surface area contributed by atoms with Gasteiger partial charge in [-0.15, -0.1) is 0 Å². The first-order valence-corrected chi connectivity index (χ1v) is 13.2. The number of ether oxygens (including phenoxy) is 1. The van der Waals surface area contributed by atoms with Crippen LogP contribution in [0.2, 0.25) is 0 Å². The van der Waals surface area contributed by atoms with Crippen LogP contribution in [-0.2, 0) is 5.41 Å². The Bertz CT molecular complexity index is 1380. The highest BCUT2D eigenvalue weighted by molar-refractivity contribution is 6.22. The number of likely N-dealkylation sites (tertiary alicyclic amines) is 1. The zero-order valence-corrected chi connectivity index (χ0v) is 20.5. The van der Waals surface area contributed by atoms with E-state index in [0.29, 0.717) is 29.7 Å². The van der Waals surface area contributed by atoms with Crippen molar-refractivity contribution in [1.82, 2.24) is 9.80 Å². The fourth-order valence-electron chi connectivity index (χ4n) is 8.72. The van der Waals surface area contributed by atoms with Crippen molar-refractivity contribution < 1.29 is 24.5 Å². The Balaban J connectivity index is 1.26. The molecule has 0 aromatic heterocycles. The van der Waals surface area contributed by atoms with E-state index in [1.54, 1.807) is 12.1 Å². The summed E-state index contributed by atoms with van der Waals surface area (Å²) in [5.74, 6) is 0.794. The van der Waals surface area contributed by atoms with Gasteiger partial charge < -0.3 is 14.9 Å². The van der Waals surface area contributed by atoms with Gasteiger partial charge in [0, 0.05) is 30.6 Å². The molecule has 0 radical (unpaired) electrons. The van der Waals surface area contributed by atoms with Crippen LogP contribution in [0.1, 0.15) is 63.1 Å². The number of carbonyl (C=O) groups excluding carboxylic acids is 2. The lowest BCUT2D eigenvalue weighted by atomic mass is 9.35. The van der Waals surface area contributed by atoms with Gasteiger partial charge in [0.1, 0.15) is 6.10 Å². The number of hydrogen-bond acceptors (Lipinski definition) is 6. The number of phenols is 1. The number of aryl methyl sites for hydroxylation is 2. The first-order valence-electron chi connectivity index (χ1n) is 13.2. The van der Waals surface area contributed by atoms with Crippen LogP contribution in [0.25, 0.3) is 0 Å². The zero-order valence-electron chi connectivity index (χ0n) is 20.5. The maximum atomic E-state index is 13.7. The van der Waals surface area contributed by atoms with E-state index in [9.17, 15) is 19.8 Å². The lowest BCUT2D eigenvalue weighted by Crippen LogP contribution is -2.92. The summed E-state index contributed by atoms with van der Waals surface area (Å²) in [4.78, 5) is 31.1. The van der Waals surface area contributed by atoms with Crippen molar-refractivity contribution in [2.24, 2.45) is 11.8 Å². The molecule has 2 N–H and O–H groups in total. The fraction of sp³-hybridized carbons (Fsp3) is 0.517. The van der Waals surface area contributed by atoms with E-state index in [0.717, 1.165) is 35.7 Å². The second-order valence-corrected chi connectivity index (χ2v) is 12.0. The number of carbonyl (C=O) groups is 2. The van der Waals surface area contributed by atoms with E-state index in [1.165, 1.54) is 17.7 Å². The van der Waals surface area contributed by atoms with E-state index in [1.807, 2.05) is 32.0 Å². The lowest BCUT2D eigenvalue weighted by molar-refractivity contribution is -0.320. The number of phenolic OH excluding ortho intramolecular Hbond substituents is 1. The monoisotopic (exact) mass is 486 g/mol. The standard InChI is InChI=1S/C29H30N2O5/c1-14-4-3-5-17-21(14)27(34)31(26(17)33)19-10-11-28(35)24-18(13-30(24)12-16-7-8-16)29(28)22-15(2)6-9-20(32)23(22)36-25(19)29/h3-6,9,16,18-19,24-25,32,35H,7-8,10-13H2,1-2H3/t18?,19-,24-,25+,28-,29+/m1/s1. The second kappa shape index (κ2) is 6.50. The number of rotatable bonds is 3. The first kappa shape index (κ1) is 21.2. The highest BCUT2D eigenvalue weighted by Crippen LogP contribution is 2.74. The van der Waals surface area contributed by atoms with Crippen LogP contribution in [0.4, 0.5) is 0 Å². The van der Waals surface area contributed by atoms with Gasteiger partial charge in [-0.25, -0.2) is 0 Å². The summed E-state index contributed by atoms with van der Waals surface area (Å²) in [5.41, 5.74) is 1.78. The first-order chi connectivity index (χ1) is 17.3. The second-order valence-electron chi connectivity index (χ2n) is 12.0. The fourth-order valence-corrected chi connectivity index (χ4v) is 8.72. The molecule has 2 aromatic rings. The molecule has 1 unspecified atom stereocenters. The molecule has 6 aliphatic rings. The minimum Gasteiger partial charge on any atom is -0.504 e. The molecule has 0 bridgehead atoms. The maximum Gasteiger partial charge on any atom is 0.262 e. The van der Waals surface area contributed by atoms with Crippen LogP contribution in [-0.4, -0.2) is 68.7 Å². The summed E-state index contributed by atoms with van der Waals surface area (Å²) < 4.78 is 6.57. The van der Waals surface area contributed by atoms with Crippen LogP contribution in [0.3, 0.4) is 0 Å². The average molecular weight is 487 g/mol. The van der Waals surface area contributed by atoms with Gasteiger partial charge in [0.25, 0.3) is 11.8 Å². The van der Waals surface area contributed by atoms with E-state index in [4.69, 9.17) is 4.74 Å². The van der Waals surface area contributed by atoms with Gasteiger partial charge in [0.15, 0.2) is 11.5 Å². The molecule has 6 atom stereocenters. The van der Waals surface area contributed by atoms with E-state index in [-0.39, 0.29) is 29.5 Å². The third-order valence-corrected chi connectivity index (χ3v) is 10.3. The summed E-state index contributed by atoms with van der Waals surface area (Å²) in [6.07, 6.45) is 2.90. The summed E-state index contributed by atoms with van der Waals surface area (Å²) in [7, 11) is 0. The Hall–Kier alpha value is -2.90. The van der Waals surface area contributed by atoms with Gasteiger partial charge in [-0.2, -0.15) is 0 Å². The molecule has 3 heterocycles. The Morgan fingerprint density at radius 2 is 1.86 bits per heavy atom. The molecule has 7 nitrogen and oxygen atoms in total. The Labute approximate surface area is 209 Å². The number of fused-ring (bicyclic) bond motifs is 4. The zero-order chi connectivity index (χ0) is 24.7. The molecule has 4 fully saturated rings. The summed E-state index contributed by atoms with van der Waals surface area (Å²) in [5, 5.41) is 23.3. The SMILES string of the molecule is Cc1cccc2c1C(=O)N([C@@H]1CC[C@@]3(O)[C@H]4C(CN4CC4CC4)[C@@]34c3c(C)ccc(O)c3O[C@@H]14)C2=O. The molecule has 7 heteroatoms. The van der Waals surface area contributed by atoms with Crippen molar-refractivity contribution in [2.45, 2.75) is 68.7 Å². The number of aromatic hydroxyl groups is 1. The van der Waals surface area contributed by atoms with Gasteiger partial charge in [-0.1, -0.05) is 18.2 Å². The maximum absolute atomic E-state index is 13.7. The van der Waals surface area contributed by atoms with Crippen molar-refractivity contribution in [3.63, 3.8) is 0 Å². The predicted octanol–water partition coefficient (Wildman–Crippen LogP) is 2.92. The average Bonchev–Trinajstić information content (AvgIpc) is 3.51. The van der Waals surface area contributed by atoms with E-state index >= 15 is 0 Å². The smallest absolute Gasteiger partial charge is 0.262 e. The molecule has 2 amide bonds. The minimum absolute atomic E-state index is 0.0521. The molecule has 3 aliphatic heterocycles. The van der Waals surface area contributed by atoms with Gasteiger partial charge in [-0.3, -0.25) is 19.4 Å². The molecular formula is C29H30N2O5. The van der Waals surface area contributed by atoms with Crippen LogP contribution in [0.5, 0.6) is 11.5 Å². The highest BCUT2D eigenvalue weighted by atomic mass is 16.5. The molecule has 186 valence electrons. The topological polar surface area (TPSA) is 90.3 Å².